The maximum atomic E-state index is 11.6. The minimum absolute atomic E-state index is 0.0349. The molecular weight excluding hydrogens is 360 g/mol. The number of piperazine rings is 1. The molecule has 2 heterocycles. The van der Waals surface area contributed by atoms with E-state index in [2.05, 4.69) is 14.6 Å². The molecule has 28 heavy (non-hydrogen) atoms. The number of anilines is 1. The second-order valence-electron chi connectivity index (χ2n) is 6.49. The van der Waals surface area contributed by atoms with E-state index in [1.54, 1.807) is 18.3 Å². The molecule has 8 nitrogen and oxygen atoms in total. The number of esters is 1. The second-order valence-corrected chi connectivity index (χ2v) is 6.49. The van der Waals surface area contributed by atoms with Gasteiger partial charge in [-0.15, -0.1) is 0 Å². The number of ether oxygens (including phenoxy) is 1. The summed E-state index contributed by atoms with van der Waals surface area (Å²) in [6.07, 6.45) is 6.37. The third-order valence-electron chi connectivity index (χ3n) is 4.65. The van der Waals surface area contributed by atoms with E-state index in [-0.39, 0.29) is 10.6 Å². The van der Waals surface area contributed by atoms with Crippen molar-refractivity contribution in [3.8, 4) is 0 Å². The molecule has 1 saturated heterocycles. The van der Waals surface area contributed by atoms with Crippen LogP contribution in [0.5, 0.6) is 0 Å². The summed E-state index contributed by atoms with van der Waals surface area (Å²) in [4.78, 5) is 30.9. The third-order valence-corrected chi connectivity index (χ3v) is 4.65. The maximum absolute atomic E-state index is 11.6. The summed E-state index contributed by atoms with van der Waals surface area (Å²) in [5.74, 6) is -0.503. The second kappa shape index (κ2) is 9.09. The van der Waals surface area contributed by atoms with Crippen LogP contribution in [0.3, 0.4) is 0 Å². The molecule has 0 bridgehead atoms. The van der Waals surface area contributed by atoms with Crippen molar-refractivity contribution in [2.75, 3.05) is 38.2 Å². The number of nitro benzene ring substituents is 1. The van der Waals surface area contributed by atoms with E-state index in [1.165, 1.54) is 25.3 Å². The third kappa shape index (κ3) is 4.92. The number of rotatable bonds is 6. The lowest BCUT2D eigenvalue weighted by Crippen LogP contribution is -2.46. The molecule has 0 radical (unpaired) electrons. The van der Waals surface area contributed by atoms with E-state index in [1.807, 2.05) is 23.2 Å². The van der Waals surface area contributed by atoms with E-state index in [0.29, 0.717) is 24.3 Å². The Morgan fingerprint density at radius 3 is 2.71 bits per heavy atom. The lowest BCUT2D eigenvalue weighted by molar-refractivity contribution is -0.384. The number of methoxy groups -OCH3 is 1. The zero-order chi connectivity index (χ0) is 19.9. The Kier molecular flexibility index (Phi) is 6.33. The average molecular weight is 382 g/mol. The first-order valence-corrected chi connectivity index (χ1v) is 8.97. The number of benzene rings is 1. The highest BCUT2D eigenvalue weighted by atomic mass is 16.6. The van der Waals surface area contributed by atoms with Gasteiger partial charge in [-0.05, 0) is 29.3 Å². The van der Waals surface area contributed by atoms with Crippen LogP contribution in [0.4, 0.5) is 11.4 Å². The standard InChI is InChI=1S/C20H22N4O4/c1-28-20(25)7-5-16-4-6-18(19(13-16)24(26)27)23-11-9-22(10-12-23)15-17-3-2-8-21-14-17/h2-8,13-14H,9-12,15H2,1H3/b7-5+. The molecule has 0 amide bonds. The number of pyridine rings is 1. The van der Waals surface area contributed by atoms with Crippen molar-refractivity contribution >= 4 is 23.4 Å². The van der Waals surface area contributed by atoms with Crippen LogP contribution in [-0.2, 0) is 16.1 Å². The summed E-state index contributed by atoms with van der Waals surface area (Å²) < 4.78 is 4.54. The lowest BCUT2D eigenvalue weighted by atomic mass is 10.1. The number of hydrogen-bond donors (Lipinski definition) is 0. The number of nitro groups is 1. The molecular formula is C20H22N4O4. The summed E-state index contributed by atoms with van der Waals surface area (Å²) in [7, 11) is 1.28. The maximum Gasteiger partial charge on any atom is 0.330 e. The van der Waals surface area contributed by atoms with Crippen molar-refractivity contribution in [3.05, 3.63) is 70.0 Å². The lowest BCUT2D eigenvalue weighted by Gasteiger charge is -2.35. The van der Waals surface area contributed by atoms with Gasteiger partial charge in [-0.25, -0.2) is 4.79 Å². The molecule has 1 fully saturated rings. The van der Waals surface area contributed by atoms with Gasteiger partial charge in [0.1, 0.15) is 5.69 Å². The molecule has 0 unspecified atom stereocenters. The molecule has 0 saturated carbocycles. The van der Waals surface area contributed by atoms with Crippen molar-refractivity contribution in [2.45, 2.75) is 6.54 Å². The van der Waals surface area contributed by atoms with E-state index in [9.17, 15) is 14.9 Å². The Morgan fingerprint density at radius 1 is 1.29 bits per heavy atom. The average Bonchev–Trinajstić information content (AvgIpc) is 2.73. The SMILES string of the molecule is COC(=O)/C=C/c1ccc(N2CCN(Cc3cccnc3)CC2)c([N+](=O)[O-])c1. The largest absolute Gasteiger partial charge is 0.466 e. The van der Waals surface area contributed by atoms with Crippen molar-refractivity contribution in [2.24, 2.45) is 0 Å². The molecule has 1 aromatic carbocycles. The van der Waals surface area contributed by atoms with Gasteiger partial charge in [-0.3, -0.25) is 20.0 Å². The van der Waals surface area contributed by atoms with Crippen molar-refractivity contribution in [1.82, 2.24) is 9.88 Å². The first-order chi connectivity index (χ1) is 13.6. The van der Waals surface area contributed by atoms with Crippen LogP contribution in [0.2, 0.25) is 0 Å². The van der Waals surface area contributed by atoms with Crippen molar-refractivity contribution < 1.29 is 14.5 Å². The van der Waals surface area contributed by atoms with Gasteiger partial charge in [0.15, 0.2) is 0 Å². The normalized spacial score (nSPS) is 15.0. The Balaban J connectivity index is 1.69. The van der Waals surface area contributed by atoms with Crippen molar-refractivity contribution in [3.63, 3.8) is 0 Å². The predicted molar refractivity (Wildman–Crippen MR) is 106 cm³/mol. The predicted octanol–water partition coefficient (Wildman–Crippen LogP) is 2.50. The Hall–Kier alpha value is -3.26. The smallest absolute Gasteiger partial charge is 0.330 e. The van der Waals surface area contributed by atoms with Crippen LogP contribution in [0.15, 0.2) is 48.8 Å². The van der Waals surface area contributed by atoms with Gasteiger partial charge in [0.25, 0.3) is 5.69 Å². The van der Waals surface area contributed by atoms with Gasteiger partial charge in [0, 0.05) is 57.3 Å². The van der Waals surface area contributed by atoms with Crippen LogP contribution in [0, 0.1) is 10.1 Å². The first-order valence-electron chi connectivity index (χ1n) is 8.97. The Bertz CT molecular complexity index is 862. The molecule has 1 aliphatic heterocycles. The van der Waals surface area contributed by atoms with E-state index in [4.69, 9.17) is 0 Å². The Morgan fingerprint density at radius 2 is 2.07 bits per heavy atom. The van der Waals surface area contributed by atoms with Crippen LogP contribution in [0.25, 0.3) is 6.08 Å². The summed E-state index contributed by atoms with van der Waals surface area (Å²) in [5.41, 5.74) is 2.37. The fourth-order valence-electron chi connectivity index (χ4n) is 3.19. The van der Waals surface area contributed by atoms with Crippen LogP contribution < -0.4 is 4.90 Å². The first kappa shape index (κ1) is 19.5. The van der Waals surface area contributed by atoms with E-state index < -0.39 is 5.97 Å². The number of aromatic nitrogens is 1. The minimum Gasteiger partial charge on any atom is -0.466 e. The molecule has 0 spiro atoms. The molecule has 0 aliphatic carbocycles. The van der Waals surface area contributed by atoms with Gasteiger partial charge in [0.2, 0.25) is 0 Å². The van der Waals surface area contributed by atoms with Crippen LogP contribution in [-0.4, -0.2) is 54.1 Å². The summed E-state index contributed by atoms with van der Waals surface area (Å²) >= 11 is 0. The molecule has 0 N–H and O–H groups in total. The molecule has 0 atom stereocenters. The fourth-order valence-corrected chi connectivity index (χ4v) is 3.19. The van der Waals surface area contributed by atoms with Gasteiger partial charge in [-0.2, -0.15) is 0 Å². The zero-order valence-electron chi connectivity index (χ0n) is 15.7. The monoisotopic (exact) mass is 382 g/mol. The van der Waals surface area contributed by atoms with Crippen LogP contribution in [0.1, 0.15) is 11.1 Å². The van der Waals surface area contributed by atoms with Gasteiger partial charge in [0.05, 0.1) is 12.0 Å². The minimum atomic E-state index is -0.503. The van der Waals surface area contributed by atoms with Crippen molar-refractivity contribution in [1.29, 1.82) is 0 Å². The number of nitrogens with zero attached hydrogens (tertiary/aromatic N) is 4. The molecule has 146 valence electrons. The highest BCUT2D eigenvalue weighted by molar-refractivity contribution is 5.87. The number of carbonyl (C=O) groups excluding carboxylic acids is 1. The molecule has 1 aliphatic rings. The summed E-state index contributed by atoms with van der Waals surface area (Å²) in [6, 6.07) is 8.96. The molecule has 2 aromatic rings. The number of hydrogen-bond acceptors (Lipinski definition) is 7. The highest BCUT2D eigenvalue weighted by Crippen LogP contribution is 2.30. The zero-order valence-corrected chi connectivity index (χ0v) is 15.7. The quantitative estimate of drug-likeness (QED) is 0.328. The van der Waals surface area contributed by atoms with Gasteiger partial charge >= 0.3 is 5.97 Å². The molecule has 1 aromatic heterocycles. The van der Waals surface area contributed by atoms with E-state index in [0.717, 1.165) is 25.2 Å². The number of carbonyl (C=O) groups is 1. The summed E-state index contributed by atoms with van der Waals surface area (Å²) in [5, 5.41) is 11.6. The van der Waals surface area contributed by atoms with Crippen LogP contribution >= 0.6 is 0 Å². The van der Waals surface area contributed by atoms with Gasteiger partial charge in [-0.1, -0.05) is 12.1 Å². The highest BCUT2D eigenvalue weighted by Gasteiger charge is 2.24. The topological polar surface area (TPSA) is 88.8 Å². The molecule has 3 rings (SSSR count). The summed E-state index contributed by atoms with van der Waals surface area (Å²) in [6.45, 7) is 3.87. The molecule has 8 heteroatoms. The van der Waals surface area contributed by atoms with E-state index >= 15 is 0 Å². The fraction of sp³-hybridized carbons (Fsp3) is 0.300. The Labute approximate surface area is 163 Å². The van der Waals surface area contributed by atoms with Gasteiger partial charge < -0.3 is 9.64 Å².